The van der Waals surface area contributed by atoms with Gasteiger partial charge in [0.05, 0.1) is 31.5 Å². The van der Waals surface area contributed by atoms with Crippen molar-refractivity contribution in [2.45, 2.75) is 26.5 Å². The minimum atomic E-state index is -0.0204. The minimum Gasteiger partial charge on any atom is -0.374 e. The number of aromatic nitrogens is 3. The molecule has 1 aliphatic heterocycles. The van der Waals surface area contributed by atoms with Gasteiger partial charge in [0.25, 0.3) is 0 Å². The number of ether oxygens (including phenoxy) is 1. The van der Waals surface area contributed by atoms with Crippen molar-refractivity contribution in [3.8, 4) is 0 Å². The Morgan fingerprint density at radius 2 is 2.17 bits per heavy atom. The van der Waals surface area contributed by atoms with Crippen LogP contribution in [0.2, 0.25) is 0 Å². The molecule has 128 valence electrons. The van der Waals surface area contributed by atoms with Crippen molar-refractivity contribution in [3.63, 3.8) is 0 Å². The molecule has 0 bridgehead atoms. The van der Waals surface area contributed by atoms with Crippen molar-refractivity contribution in [2.24, 2.45) is 0 Å². The smallest absolute Gasteiger partial charge is 0.238 e. The number of morpholine rings is 1. The van der Waals surface area contributed by atoms with Gasteiger partial charge in [0.1, 0.15) is 0 Å². The van der Waals surface area contributed by atoms with Gasteiger partial charge in [0, 0.05) is 36.9 Å². The second-order valence-corrected chi connectivity index (χ2v) is 6.12. The van der Waals surface area contributed by atoms with Gasteiger partial charge in [0.2, 0.25) is 5.91 Å². The summed E-state index contributed by atoms with van der Waals surface area (Å²) in [6.45, 7) is 7.22. The molecular formula is C17H23N5O2. The first-order chi connectivity index (χ1) is 11.6. The van der Waals surface area contributed by atoms with Crippen molar-refractivity contribution < 1.29 is 9.53 Å². The number of nitrogens with one attached hydrogen (secondary N) is 1. The van der Waals surface area contributed by atoms with E-state index in [9.17, 15) is 4.79 Å². The van der Waals surface area contributed by atoms with E-state index in [0.29, 0.717) is 19.7 Å². The quantitative estimate of drug-likeness (QED) is 0.893. The van der Waals surface area contributed by atoms with E-state index in [4.69, 9.17) is 4.74 Å². The van der Waals surface area contributed by atoms with Crippen LogP contribution in [0.15, 0.2) is 30.6 Å². The van der Waals surface area contributed by atoms with Gasteiger partial charge in [-0.05, 0) is 32.0 Å². The highest BCUT2D eigenvalue weighted by atomic mass is 16.5. The van der Waals surface area contributed by atoms with Gasteiger partial charge in [-0.2, -0.15) is 5.10 Å². The predicted octanol–water partition coefficient (Wildman–Crippen LogP) is 1.23. The third-order valence-electron chi connectivity index (χ3n) is 4.03. The second-order valence-electron chi connectivity index (χ2n) is 6.12. The molecule has 24 heavy (non-hydrogen) atoms. The molecule has 1 N–H and O–H groups in total. The molecule has 0 unspecified atom stereocenters. The maximum Gasteiger partial charge on any atom is 0.238 e. The van der Waals surface area contributed by atoms with Gasteiger partial charge >= 0.3 is 0 Å². The lowest BCUT2D eigenvalue weighted by molar-refractivity contribution is -0.119. The molecule has 2 aromatic heterocycles. The number of carbonyl (C=O) groups is 1. The van der Waals surface area contributed by atoms with E-state index in [-0.39, 0.29) is 12.0 Å². The van der Waals surface area contributed by atoms with E-state index >= 15 is 0 Å². The lowest BCUT2D eigenvalue weighted by Crippen LogP contribution is -2.47. The van der Waals surface area contributed by atoms with Crippen LogP contribution in [0.1, 0.15) is 11.4 Å². The molecule has 7 nitrogen and oxygen atoms in total. The highest BCUT2D eigenvalue weighted by Gasteiger charge is 2.23. The largest absolute Gasteiger partial charge is 0.374 e. The van der Waals surface area contributed by atoms with Crippen molar-refractivity contribution in [1.82, 2.24) is 19.7 Å². The Hall–Kier alpha value is -2.25. The van der Waals surface area contributed by atoms with Gasteiger partial charge in [-0.3, -0.25) is 19.4 Å². The molecule has 7 heteroatoms. The van der Waals surface area contributed by atoms with Crippen LogP contribution < -0.4 is 5.32 Å². The molecule has 0 radical (unpaired) electrons. The molecule has 1 fully saturated rings. The van der Waals surface area contributed by atoms with Gasteiger partial charge < -0.3 is 10.1 Å². The van der Waals surface area contributed by atoms with E-state index in [2.05, 4.69) is 26.4 Å². The van der Waals surface area contributed by atoms with Crippen LogP contribution >= 0.6 is 0 Å². The Morgan fingerprint density at radius 3 is 2.88 bits per heavy atom. The zero-order valence-electron chi connectivity index (χ0n) is 14.1. The SMILES string of the molecule is Cc1cc(C)n(C[C@H]2CN(CC(=O)Nc3ccncc3)CCO2)n1. The number of pyridine rings is 1. The zero-order valence-corrected chi connectivity index (χ0v) is 14.1. The summed E-state index contributed by atoms with van der Waals surface area (Å²) >= 11 is 0. The maximum atomic E-state index is 12.2. The molecular weight excluding hydrogens is 306 g/mol. The van der Waals surface area contributed by atoms with Crippen molar-refractivity contribution in [2.75, 3.05) is 31.6 Å². The first-order valence-corrected chi connectivity index (χ1v) is 8.15. The number of carbonyl (C=O) groups excluding carboxylic acids is 1. The fraction of sp³-hybridized carbons (Fsp3) is 0.471. The van der Waals surface area contributed by atoms with Crippen LogP contribution in [-0.4, -0.2) is 57.9 Å². The Morgan fingerprint density at radius 1 is 1.38 bits per heavy atom. The fourth-order valence-corrected chi connectivity index (χ4v) is 2.93. The summed E-state index contributed by atoms with van der Waals surface area (Å²) in [6.07, 6.45) is 3.37. The number of hydrogen-bond acceptors (Lipinski definition) is 5. The number of nitrogens with zero attached hydrogens (tertiary/aromatic N) is 4. The van der Waals surface area contributed by atoms with Crippen molar-refractivity contribution in [3.05, 3.63) is 42.0 Å². The predicted molar refractivity (Wildman–Crippen MR) is 90.7 cm³/mol. The van der Waals surface area contributed by atoms with Gasteiger partial charge in [-0.25, -0.2) is 0 Å². The highest BCUT2D eigenvalue weighted by Crippen LogP contribution is 2.11. The van der Waals surface area contributed by atoms with E-state index in [1.54, 1.807) is 24.5 Å². The molecule has 1 amide bonds. The Kier molecular flexibility index (Phi) is 5.22. The summed E-state index contributed by atoms with van der Waals surface area (Å²) in [4.78, 5) is 18.2. The van der Waals surface area contributed by atoms with Gasteiger partial charge in [0.15, 0.2) is 0 Å². The number of anilines is 1. The second kappa shape index (κ2) is 7.55. The van der Waals surface area contributed by atoms with Gasteiger partial charge in [-0.15, -0.1) is 0 Å². The number of hydrogen-bond donors (Lipinski definition) is 1. The van der Waals surface area contributed by atoms with E-state index in [0.717, 1.165) is 30.2 Å². The molecule has 0 saturated carbocycles. The Labute approximate surface area is 141 Å². The summed E-state index contributed by atoms with van der Waals surface area (Å²) in [6, 6.07) is 5.62. The van der Waals surface area contributed by atoms with E-state index < -0.39 is 0 Å². The fourth-order valence-electron chi connectivity index (χ4n) is 2.93. The van der Waals surface area contributed by atoms with Crippen molar-refractivity contribution in [1.29, 1.82) is 0 Å². The Balaban J connectivity index is 1.52. The molecule has 0 spiro atoms. The number of aryl methyl sites for hydroxylation is 2. The van der Waals surface area contributed by atoms with Crippen LogP contribution in [0.25, 0.3) is 0 Å². The molecule has 1 saturated heterocycles. The molecule has 2 aromatic rings. The number of amides is 1. The average Bonchev–Trinajstić information content (AvgIpc) is 2.86. The highest BCUT2D eigenvalue weighted by molar-refractivity contribution is 5.92. The standard InChI is InChI=1S/C17H23N5O2/c1-13-9-14(2)22(20-13)11-16-10-21(7-8-24-16)12-17(23)19-15-3-5-18-6-4-15/h3-6,9,16H,7-8,10-12H2,1-2H3,(H,18,19,23)/t16-/m1/s1. The zero-order chi connectivity index (χ0) is 16.9. The monoisotopic (exact) mass is 329 g/mol. The van der Waals surface area contributed by atoms with Crippen LogP contribution in [0, 0.1) is 13.8 Å². The Bertz CT molecular complexity index is 686. The summed E-state index contributed by atoms with van der Waals surface area (Å²) in [5.41, 5.74) is 2.91. The first-order valence-electron chi connectivity index (χ1n) is 8.15. The maximum absolute atomic E-state index is 12.2. The molecule has 3 heterocycles. The molecule has 0 aliphatic carbocycles. The molecule has 1 atom stereocenters. The first kappa shape index (κ1) is 16.6. The minimum absolute atomic E-state index is 0.0204. The summed E-state index contributed by atoms with van der Waals surface area (Å²) in [5, 5.41) is 7.37. The third kappa shape index (κ3) is 4.39. The normalized spacial score (nSPS) is 18.5. The van der Waals surface area contributed by atoms with E-state index in [1.807, 2.05) is 18.5 Å². The molecule has 0 aromatic carbocycles. The number of rotatable bonds is 5. The summed E-state index contributed by atoms with van der Waals surface area (Å²) < 4.78 is 7.81. The lowest BCUT2D eigenvalue weighted by Gasteiger charge is -2.32. The van der Waals surface area contributed by atoms with E-state index in [1.165, 1.54) is 0 Å². The summed E-state index contributed by atoms with van der Waals surface area (Å²) in [5.74, 6) is -0.0204. The molecule has 3 rings (SSSR count). The summed E-state index contributed by atoms with van der Waals surface area (Å²) in [7, 11) is 0. The van der Waals surface area contributed by atoms with Crippen LogP contribution in [0.3, 0.4) is 0 Å². The van der Waals surface area contributed by atoms with Gasteiger partial charge in [-0.1, -0.05) is 0 Å². The van der Waals surface area contributed by atoms with Crippen LogP contribution in [-0.2, 0) is 16.1 Å². The molecule has 1 aliphatic rings. The van der Waals surface area contributed by atoms with Crippen molar-refractivity contribution >= 4 is 11.6 Å². The topological polar surface area (TPSA) is 72.3 Å². The third-order valence-corrected chi connectivity index (χ3v) is 4.03. The van der Waals surface area contributed by atoms with Crippen LogP contribution in [0.5, 0.6) is 0 Å². The average molecular weight is 329 g/mol. The lowest BCUT2D eigenvalue weighted by atomic mass is 10.2. The van der Waals surface area contributed by atoms with Crippen LogP contribution in [0.4, 0.5) is 5.69 Å².